The van der Waals surface area contributed by atoms with Crippen LogP contribution in [0.3, 0.4) is 0 Å². The summed E-state index contributed by atoms with van der Waals surface area (Å²) in [6.07, 6.45) is -4.04. The van der Waals surface area contributed by atoms with Crippen molar-refractivity contribution < 1.29 is 31.1 Å². The lowest BCUT2D eigenvalue weighted by atomic mass is 9.99. The normalized spacial score (nSPS) is 18.5. The topological polar surface area (TPSA) is 86.6 Å². The first kappa shape index (κ1) is 26.1. The Balaban J connectivity index is 1.95. The van der Waals surface area contributed by atoms with Crippen LogP contribution in [0.25, 0.3) is 0 Å². The van der Waals surface area contributed by atoms with Crippen LogP contribution in [0.1, 0.15) is 44.6 Å². The van der Waals surface area contributed by atoms with Gasteiger partial charge < -0.3 is 14.9 Å². The standard InChI is InChI=1S/C22H28F4N4O3S/c1-5-18(31)15-11-27-21(28-20(15)22(24,25)26)30-9-8-29(12-17(30)13(2)3)14-6-7-16(23)19(10-14)34(4,32)33/h6-7,10-11,13,17-18,31H,5,8-9,12H2,1-4H3/t17-,18?/m0/s1. The third-order valence-corrected chi connectivity index (χ3v) is 7.05. The van der Waals surface area contributed by atoms with Gasteiger partial charge in [0.05, 0.1) is 12.1 Å². The van der Waals surface area contributed by atoms with Gasteiger partial charge in [0, 0.05) is 43.3 Å². The largest absolute Gasteiger partial charge is 0.433 e. The summed E-state index contributed by atoms with van der Waals surface area (Å²) >= 11 is 0. The molecule has 1 fully saturated rings. The summed E-state index contributed by atoms with van der Waals surface area (Å²) in [6.45, 7) is 6.33. The molecule has 1 aliphatic rings. The Labute approximate surface area is 196 Å². The van der Waals surface area contributed by atoms with Gasteiger partial charge in [0.1, 0.15) is 10.7 Å². The van der Waals surface area contributed by atoms with E-state index in [0.29, 0.717) is 18.8 Å². The maximum Gasteiger partial charge on any atom is 0.433 e. The Morgan fingerprint density at radius 3 is 2.47 bits per heavy atom. The van der Waals surface area contributed by atoms with E-state index >= 15 is 0 Å². The molecule has 188 valence electrons. The molecule has 0 amide bonds. The number of piperazine rings is 1. The number of sulfone groups is 1. The van der Waals surface area contributed by atoms with Crippen molar-refractivity contribution in [2.75, 3.05) is 35.7 Å². The van der Waals surface area contributed by atoms with Gasteiger partial charge in [-0.1, -0.05) is 20.8 Å². The van der Waals surface area contributed by atoms with Crippen molar-refractivity contribution in [1.29, 1.82) is 0 Å². The molecule has 1 saturated heterocycles. The molecule has 0 bridgehead atoms. The molecule has 0 radical (unpaired) electrons. The molecule has 3 rings (SSSR count). The fourth-order valence-electron chi connectivity index (χ4n) is 4.05. The number of hydrogen-bond acceptors (Lipinski definition) is 7. The number of hydrogen-bond donors (Lipinski definition) is 1. The smallest absolute Gasteiger partial charge is 0.388 e. The van der Waals surface area contributed by atoms with E-state index in [1.807, 2.05) is 18.7 Å². The quantitative estimate of drug-likeness (QED) is 0.599. The number of aliphatic hydroxyl groups excluding tert-OH is 1. The van der Waals surface area contributed by atoms with Gasteiger partial charge >= 0.3 is 6.18 Å². The van der Waals surface area contributed by atoms with Crippen molar-refractivity contribution in [3.63, 3.8) is 0 Å². The molecule has 7 nitrogen and oxygen atoms in total. The second-order valence-corrected chi connectivity index (χ2v) is 10.7. The van der Waals surface area contributed by atoms with E-state index in [-0.39, 0.29) is 36.4 Å². The molecule has 1 aromatic heterocycles. The van der Waals surface area contributed by atoms with Gasteiger partial charge in [0.15, 0.2) is 15.5 Å². The van der Waals surface area contributed by atoms with Crippen molar-refractivity contribution in [2.45, 2.75) is 50.4 Å². The number of anilines is 2. The Morgan fingerprint density at radius 2 is 1.91 bits per heavy atom. The lowest BCUT2D eigenvalue weighted by molar-refractivity contribution is -0.142. The highest BCUT2D eigenvalue weighted by atomic mass is 32.2. The monoisotopic (exact) mass is 504 g/mol. The van der Waals surface area contributed by atoms with Crippen molar-refractivity contribution in [3.8, 4) is 0 Å². The first-order valence-corrected chi connectivity index (χ1v) is 12.8. The highest BCUT2D eigenvalue weighted by Crippen LogP contribution is 2.36. The molecule has 2 aromatic rings. The zero-order valence-corrected chi connectivity index (χ0v) is 20.2. The van der Waals surface area contributed by atoms with Crippen LogP contribution in [0.15, 0.2) is 29.3 Å². The molecule has 2 heterocycles. The predicted molar refractivity (Wildman–Crippen MR) is 120 cm³/mol. The number of halogens is 4. The minimum atomic E-state index is -4.76. The van der Waals surface area contributed by atoms with Gasteiger partial charge in [-0.25, -0.2) is 22.8 Å². The first-order chi connectivity index (χ1) is 15.7. The summed E-state index contributed by atoms with van der Waals surface area (Å²) in [7, 11) is -3.77. The van der Waals surface area contributed by atoms with Crippen LogP contribution in [0.4, 0.5) is 29.2 Å². The average Bonchev–Trinajstić information content (AvgIpc) is 2.76. The number of aromatic nitrogens is 2. The maximum atomic E-state index is 14.0. The van der Waals surface area contributed by atoms with Gasteiger partial charge in [-0.15, -0.1) is 0 Å². The lowest BCUT2D eigenvalue weighted by Gasteiger charge is -2.44. The van der Waals surface area contributed by atoms with Gasteiger partial charge in [0.25, 0.3) is 0 Å². The lowest BCUT2D eigenvalue weighted by Crippen LogP contribution is -2.56. The Hall–Kier alpha value is -2.47. The number of alkyl halides is 3. The number of nitrogens with zero attached hydrogens (tertiary/aromatic N) is 4. The summed E-state index contributed by atoms with van der Waals surface area (Å²) in [5.41, 5.74) is -1.02. The fourth-order valence-corrected chi connectivity index (χ4v) is 4.80. The molecule has 1 N–H and O–H groups in total. The molecular weight excluding hydrogens is 476 g/mol. The van der Waals surface area contributed by atoms with Crippen molar-refractivity contribution in [3.05, 3.63) is 41.5 Å². The van der Waals surface area contributed by atoms with E-state index in [1.54, 1.807) is 11.8 Å². The Bertz CT molecular complexity index is 1140. The minimum Gasteiger partial charge on any atom is -0.388 e. The van der Waals surface area contributed by atoms with Crippen LogP contribution in [0.2, 0.25) is 0 Å². The molecule has 12 heteroatoms. The first-order valence-electron chi connectivity index (χ1n) is 10.9. The van der Waals surface area contributed by atoms with E-state index in [9.17, 15) is 31.1 Å². The number of benzene rings is 1. The summed E-state index contributed by atoms with van der Waals surface area (Å²) in [5.74, 6) is -0.946. The molecule has 0 saturated carbocycles. The summed E-state index contributed by atoms with van der Waals surface area (Å²) in [4.78, 5) is 11.1. The second kappa shape index (κ2) is 9.65. The van der Waals surface area contributed by atoms with Crippen LogP contribution in [-0.4, -0.2) is 55.4 Å². The van der Waals surface area contributed by atoms with Gasteiger partial charge in [0.2, 0.25) is 5.95 Å². The van der Waals surface area contributed by atoms with Crippen LogP contribution in [0.5, 0.6) is 0 Å². The average molecular weight is 505 g/mol. The highest BCUT2D eigenvalue weighted by Gasteiger charge is 2.39. The summed E-state index contributed by atoms with van der Waals surface area (Å²) < 4.78 is 78.9. The van der Waals surface area contributed by atoms with E-state index in [4.69, 9.17) is 0 Å². The molecule has 0 spiro atoms. The number of rotatable bonds is 6. The molecular formula is C22H28F4N4O3S. The molecule has 1 unspecified atom stereocenters. The van der Waals surface area contributed by atoms with Gasteiger partial charge in [-0.2, -0.15) is 13.2 Å². The fraction of sp³-hybridized carbons (Fsp3) is 0.545. The van der Waals surface area contributed by atoms with Gasteiger partial charge in [-0.3, -0.25) is 0 Å². The zero-order valence-electron chi connectivity index (χ0n) is 19.3. The summed E-state index contributed by atoms with van der Waals surface area (Å²) in [5, 5.41) is 10.0. The van der Waals surface area contributed by atoms with Crippen molar-refractivity contribution in [1.82, 2.24) is 9.97 Å². The van der Waals surface area contributed by atoms with E-state index in [2.05, 4.69) is 9.97 Å². The van der Waals surface area contributed by atoms with Crippen LogP contribution in [0, 0.1) is 11.7 Å². The van der Waals surface area contributed by atoms with E-state index in [1.165, 1.54) is 12.1 Å². The van der Waals surface area contributed by atoms with Crippen LogP contribution in [-0.2, 0) is 16.0 Å². The molecule has 1 aliphatic heterocycles. The molecule has 0 aliphatic carbocycles. The molecule has 34 heavy (non-hydrogen) atoms. The maximum absolute atomic E-state index is 14.0. The Kier molecular flexibility index (Phi) is 7.42. The SMILES string of the molecule is CCC(O)c1cnc(N2CCN(c3ccc(F)c(S(C)(=O)=O)c3)C[C@H]2C(C)C)nc1C(F)(F)F. The van der Waals surface area contributed by atoms with Crippen molar-refractivity contribution in [2.24, 2.45) is 5.92 Å². The van der Waals surface area contributed by atoms with Gasteiger partial charge in [-0.05, 0) is 30.5 Å². The summed E-state index contributed by atoms with van der Waals surface area (Å²) in [6, 6.07) is 3.55. The van der Waals surface area contributed by atoms with E-state index < -0.39 is 38.5 Å². The van der Waals surface area contributed by atoms with Crippen LogP contribution >= 0.6 is 0 Å². The Morgan fingerprint density at radius 1 is 1.24 bits per heavy atom. The second-order valence-electron chi connectivity index (χ2n) is 8.73. The number of aliphatic hydroxyl groups is 1. The zero-order chi connectivity index (χ0) is 25.4. The third kappa shape index (κ3) is 5.43. The van der Waals surface area contributed by atoms with Crippen molar-refractivity contribution >= 4 is 21.5 Å². The minimum absolute atomic E-state index is 0.0172. The van der Waals surface area contributed by atoms with E-state index in [0.717, 1.165) is 18.5 Å². The highest BCUT2D eigenvalue weighted by molar-refractivity contribution is 7.90. The van der Waals surface area contributed by atoms with Crippen LogP contribution < -0.4 is 9.80 Å². The molecule has 2 atom stereocenters. The molecule has 1 aromatic carbocycles. The predicted octanol–water partition coefficient (Wildman–Crippen LogP) is 3.83. The third-order valence-electron chi connectivity index (χ3n) is 5.94.